The first-order valence-electron chi connectivity index (χ1n) is 7.30. The molecule has 1 aromatic rings. The van der Waals surface area contributed by atoms with Crippen LogP contribution in [0, 0.1) is 5.92 Å². The lowest BCUT2D eigenvalue weighted by atomic mass is 9.92. The van der Waals surface area contributed by atoms with E-state index in [1.165, 1.54) is 0 Å². The number of aromatic nitrogens is 1. The molecular formula is C15H27Cl2N3OS. The lowest BCUT2D eigenvalue weighted by Crippen LogP contribution is -2.49. The summed E-state index contributed by atoms with van der Waals surface area (Å²) in [4.78, 5) is 19.1. The fourth-order valence-corrected chi connectivity index (χ4v) is 3.49. The number of carbonyl (C=O) groups excluding carboxylic acids is 1. The van der Waals surface area contributed by atoms with E-state index < -0.39 is 0 Å². The molecule has 0 bridgehead atoms. The van der Waals surface area contributed by atoms with Crippen molar-refractivity contribution in [2.24, 2.45) is 11.7 Å². The third kappa shape index (κ3) is 4.82. The van der Waals surface area contributed by atoms with Crippen LogP contribution >= 0.6 is 36.2 Å². The van der Waals surface area contributed by atoms with Gasteiger partial charge in [-0.05, 0) is 18.8 Å². The van der Waals surface area contributed by atoms with Crippen LogP contribution in [-0.2, 0) is 5.41 Å². The quantitative estimate of drug-likeness (QED) is 0.869. The standard InChI is InChI=1S/C15H25N3OS.2ClH/c1-10-5-6-18(11(7-10)8-16)13(19)12-9-20-14(17-12)15(2,3)4;;/h9-11H,5-8,16H2,1-4H3;2*1H. The molecule has 1 saturated heterocycles. The smallest absolute Gasteiger partial charge is 0.273 e. The van der Waals surface area contributed by atoms with Crippen LogP contribution < -0.4 is 5.73 Å². The Morgan fingerprint density at radius 1 is 1.45 bits per heavy atom. The summed E-state index contributed by atoms with van der Waals surface area (Å²) in [5, 5.41) is 2.89. The molecule has 128 valence electrons. The van der Waals surface area contributed by atoms with Gasteiger partial charge in [0.2, 0.25) is 0 Å². The number of carbonyl (C=O) groups is 1. The Morgan fingerprint density at radius 2 is 2.09 bits per heavy atom. The van der Waals surface area contributed by atoms with Crippen molar-refractivity contribution in [3.63, 3.8) is 0 Å². The largest absolute Gasteiger partial charge is 0.333 e. The number of halogens is 2. The number of amides is 1. The Labute approximate surface area is 149 Å². The average molecular weight is 368 g/mol. The van der Waals surface area contributed by atoms with Crippen molar-refractivity contribution in [1.29, 1.82) is 0 Å². The third-order valence-electron chi connectivity index (χ3n) is 3.88. The van der Waals surface area contributed by atoms with Crippen LogP contribution in [0.15, 0.2) is 5.38 Å². The van der Waals surface area contributed by atoms with Gasteiger partial charge in [-0.25, -0.2) is 4.98 Å². The summed E-state index contributed by atoms with van der Waals surface area (Å²) in [6.07, 6.45) is 2.05. The summed E-state index contributed by atoms with van der Waals surface area (Å²) < 4.78 is 0. The number of rotatable bonds is 2. The topological polar surface area (TPSA) is 59.2 Å². The summed E-state index contributed by atoms with van der Waals surface area (Å²) >= 11 is 1.57. The molecule has 0 spiro atoms. The highest BCUT2D eigenvalue weighted by molar-refractivity contribution is 7.10. The predicted molar refractivity (Wildman–Crippen MR) is 97.6 cm³/mol. The maximum Gasteiger partial charge on any atom is 0.273 e. The molecule has 1 amide bonds. The van der Waals surface area contributed by atoms with Crippen LogP contribution in [0.5, 0.6) is 0 Å². The molecule has 2 rings (SSSR count). The molecule has 0 aromatic carbocycles. The lowest BCUT2D eigenvalue weighted by Gasteiger charge is -2.37. The lowest BCUT2D eigenvalue weighted by molar-refractivity contribution is 0.0568. The van der Waals surface area contributed by atoms with Gasteiger partial charge in [0.25, 0.3) is 5.91 Å². The molecule has 4 nitrogen and oxygen atoms in total. The second-order valence-electron chi connectivity index (χ2n) is 6.81. The number of nitrogens with zero attached hydrogens (tertiary/aromatic N) is 2. The number of hydrogen-bond acceptors (Lipinski definition) is 4. The predicted octanol–water partition coefficient (Wildman–Crippen LogP) is 3.48. The van der Waals surface area contributed by atoms with Crippen molar-refractivity contribution in [1.82, 2.24) is 9.88 Å². The van der Waals surface area contributed by atoms with E-state index >= 15 is 0 Å². The van der Waals surface area contributed by atoms with E-state index in [1.54, 1.807) is 11.3 Å². The highest BCUT2D eigenvalue weighted by Gasteiger charge is 2.31. The zero-order valence-corrected chi connectivity index (χ0v) is 16.1. The Balaban J connectivity index is 0.00000220. The summed E-state index contributed by atoms with van der Waals surface area (Å²) in [5.74, 6) is 0.687. The van der Waals surface area contributed by atoms with Crippen LogP contribution in [-0.4, -0.2) is 34.9 Å². The summed E-state index contributed by atoms with van der Waals surface area (Å²) in [5.41, 5.74) is 6.40. The van der Waals surface area contributed by atoms with Crippen LogP contribution in [0.1, 0.15) is 56.0 Å². The van der Waals surface area contributed by atoms with E-state index in [9.17, 15) is 4.79 Å². The van der Waals surface area contributed by atoms with E-state index in [4.69, 9.17) is 5.73 Å². The minimum absolute atomic E-state index is 0. The fourth-order valence-electron chi connectivity index (χ4n) is 2.61. The molecule has 2 atom stereocenters. The molecule has 1 aliphatic rings. The van der Waals surface area contributed by atoms with Crippen molar-refractivity contribution in [3.8, 4) is 0 Å². The van der Waals surface area contributed by atoms with Crippen molar-refractivity contribution >= 4 is 42.1 Å². The molecule has 0 saturated carbocycles. The minimum atomic E-state index is -0.00707. The first-order chi connectivity index (χ1) is 9.32. The van der Waals surface area contributed by atoms with E-state index in [2.05, 4.69) is 32.7 Å². The van der Waals surface area contributed by atoms with Gasteiger partial charge in [-0.3, -0.25) is 4.79 Å². The molecule has 1 aromatic heterocycles. The average Bonchev–Trinajstić information content (AvgIpc) is 2.87. The molecular weight excluding hydrogens is 341 g/mol. The highest BCUT2D eigenvalue weighted by Crippen LogP contribution is 2.28. The van der Waals surface area contributed by atoms with Gasteiger partial charge < -0.3 is 10.6 Å². The van der Waals surface area contributed by atoms with E-state index in [0.717, 1.165) is 24.4 Å². The van der Waals surface area contributed by atoms with Crippen molar-refractivity contribution in [2.45, 2.75) is 52.0 Å². The fraction of sp³-hybridized carbons (Fsp3) is 0.733. The first-order valence-corrected chi connectivity index (χ1v) is 8.18. The van der Waals surface area contributed by atoms with E-state index in [-0.39, 0.29) is 42.2 Å². The Bertz CT molecular complexity index is 487. The molecule has 2 heterocycles. The van der Waals surface area contributed by atoms with Crippen LogP contribution in [0.3, 0.4) is 0 Å². The molecule has 1 fully saturated rings. The molecule has 2 N–H and O–H groups in total. The molecule has 0 aliphatic carbocycles. The highest BCUT2D eigenvalue weighted by atomic mass is 35.5. The van der Waals surface area contributed by atoms with Crippen molar-refractivity contribution in [2.75, 3.05) is 13.1 Å². The van der Waals surface area contributed by atoms with Crippen LogP contribution in [0.2, 0.25) is 0 Å². The maximum absolute atomic E-state index is 12.6. The van der Waals surface area contributed by atoms with E-state index in [0.29, 0.717) is 18.2 Å². The Hall–Kier alpha value is -0.360. The monoisotopic (exact) mass is 367 g/mol. The molecule has 22 heavy (non-hydrogen) atoms. The van der Waals surface area contributed by atoms with Gasteiger partial charge in [-0.1, -0.05) is 27.7 Å². The molecule has 7 heteroatoms. The Kier molecular flexibility index (Phi) is 8.34. The number of thiazole rings is 1. The molecule has 0 radical (unpaired) electrons. The number of nitrogens with two attached hydrogens (primary N) is 1. The SMILES string of the molecule is CC1CCN(C(=O)c2csc(C(C)(C)C)n2)C(CN)C1.Cl.Cl. The zero-order valence-electron chi connectivity index (χ0n) is 13.7. The van der Waals surface area contributed by atoms with Crippen molar-refractivity contribution in [3.05, 3.63) is 16.1 Å². The first kappa shape index (κ1) is 21.6. The van der Waals surface area contributed by atoms with Gasteiger partial charge >= 0.3 is 0 Å². The summed E-state index contributed by atoms with van der Waals surface area (Å²) in [7, 11) is 0. The normalized spacial score (nSPS) is 21.8. The minimum Gasteiger partial charge on any atom is -0.333 e. The molecule has 1 aliphatic heterocycles. The number of hydrogen-bond donors (Lipinski definition) is 1. The Morgan fingerprint density at radius 3 is 2.59 bits per heavy atom. The van der Waals surface area contributed by atoms with Crippen LogP contribution in [0.4, 0.5) is 0 Å². The van der Waals surface area contributed by atoms with Gasteiger partial charge in [0.1, 0.15) is 5.69 Å². The van der Waals surface area contributed by atoms with E-state index in [1.807, 2.05) is 10.3 Å². The van der Waals surface area contributed by atoms with Gasteiger partial charge in [-0.15, -0.1) is 36.2 Å². The van der Waals surface area contributed by atoms with Gasteiger partial charge in [0, 0.05) is 29.9 Å². The third-order valence-corrected chi connectivity index (χ3v) is 5.14. The summed E-state index contributed by atoms with van der Waals surface area (Å²) in [6, 6.07) is 0.158. The molecule has 2 unspecified atom stereocenters. The van der Waals surface area contributed by atoms with Gasteiger partial charge in [0.05, 0.1) is 5.01 Å². The van der Waals surface area contributed by atoms with Gasteiger partial charge in [-0.2, -0.15) is 0 Å². The van der Waals surface area contributed by atoms with Crippen LogP contribution in [0.25, 0.3) is 0 Å². The number of piperidine rings is 1. The second-order valence-corrected chi connectivity index (χ2v) is 7.66. The van der Waals surface area contributed by atoms with Crippen molar-refractivity contribution < 1.29 is 4.79 Å². The summed E-state index contributed by atoms with van der Waals surface area (Å²) in [6.45, 7) is 9.91. The maximum atomic E-state index is 12.6. The zero-order chi connectivity index (χ0) is 14.9. The number of likely N-dealkylation sites (tertiary alicyclic amines) is 1. The van der Waals surface area contributed by atoms with Gasteiger partial charge in [0.15, 0.2) is 0 Å². The second kappa shape index (κ2) is 8.48.